The molecule has 2 amide bonds. The molecule has 2 heterocycles. The summed E-state index contributed by atoms with van der Waals surface area (Å²) in [5.74, 6) is -0.954. The summed E-state index contributed by atoms with van der Waals surface area (Å²) in [5, 5.41) is 8.83. The number of carbonyl (C=O) groups is 2. The maximum absolute atomic E-state index is 13.8. The Kier molecular flexibility index (Phi) is 4.92. The number of benzene rings is 2. The molecule has 0 spiro atoms. The van der Waals surface area contributed by atoms with Crippen molar-refractivity contribution in [3.05, 3.63) is 65.5 Å². The molecule has 4 rings (SSSR count). The van der Waals surface area contributed by atoms with Gasteiger partial charge in [-0.15, -0.1) is 0 Å². The predicted molar refractivity (Wildman–Crippen MR) is 106 cm³/mol. The van der Waals surface area contributed by atoms with Crippen LogP contribution in [0.4, 0.5) is 24.5 Å². The first-order valence-electron chi connectivity index (χ1n) is 9.28. The molecule has 0 radical (unpaired) electrons. The van der Waals surface area contributed by atoms with E-state index in [1.807, 2.05) is 6.92 Å². The number of nitrogens with one attached hydrogen (secondary N) is 2. The van der Waals surface area contributed by atoms with Crippen molar-refractivity contribution in [1.29, 1.82) is 0 Å². The second kappa shape index (κ2) is 7.46. The Morgan fingerprint density at radius 2 is 1.90 bits per heavy atom. The summed E-state index contributed by atoms with van der Waals surface area (Å²) in [6, 6.07) is 10.7. The minimum absolute atomic E-state index is 0.180. The Balaban J connectivity index is 1.66. The molecule has 1 atom stereocenters. The van der Waals surface area contributed by atoms with E-state index in [-0.39, 0.29) is 17.3 Å². The minimum Gasteiger partial charge on any atom is -0.479 e. The SMILES string of the molecule is Cc1ccc(-n2ncc(C(=O)Nc3ccc4c(c3)NC(=O)[C@H](C)O4)c2C(F)(F)F)cc1. The quantitative estimate of drug-likeness (QED) is 0.653. The van der Waals surface area contributed by atoms with Crippen molar-refractivity contribution in [2.24, 2.45) is 0 Å². The molecule has 7 nitrogen and oxygen atoms in total. The maximum atomic E-state index is 13.8. The predicted octanol–water partition coefficient (Wildman–Crippen LogP) is 4.17. The minimum atomic E-state index is -4.82. The van der Waals surface area contributed by atoms with Crippen molar-refractivity contribution < 1.29 is 27.5 Å². The number of carbonyl (C=O) groups excluding carboxylic acids is 2. The fourth-order valence-electron chi connectivity index (χ4n) is 3.15. The van der Waals surface area contributed by atoms with Crippen molar-refractivity contribution in [2.45, 2.75) is 26.1 Å². The van der Waals surface area contributed by atoms with Crippen LogP contribution in [0.3, 0.4) is 0 Å². The van der Waals surface area contributed by atoms with Gasteiger partial charge in [-0.25, -0.2) is 4.68 Å². The van der Waals surface area contributed by atoms with E-state index >= 15 is 0 Å². The molecule has 2 N–H and O–H groups in total. The average molecular weight is 430 g/mol. The molecule has 0 aliphatic carbocycles. The number of rotatable bonds is 3. The molecular formula is C21H17F3N4O3. The second-order valence-corrected chi connectivity index (χ2v) is 7.07. The lowest BCUT2D eigenvalue weighted by Crippen LogP contribution is -2.34. The lowest BCUT2D eigenvalue weighted by Gasteiger charge is -2.23. The van der Waals surface area contributed by atoms with Crippen LogP contribution in [0.25, 0.3) is 5.69 Å². The molecule has 0 saturated heterocycles. The van der Waals surface area contributed by atoms with E-state index in [0.717, 1.165) is 11.8 Å². The number of amides is 2. The van der Waals surface area contributed by atoms with Gasteiger partial charge in [-0.05, 0) is 44.2 Å². The van der Waals surface area contributed by atoms with Crippen LogP contribution in [-0.4, -0.2) is 27.7 Å². The van der Waals surface area contributed by atoms with Crippen molar-refractivity contribution in [2.75, 3.05) is 10.6 Å². The first-order valence-corrected chi connectivity index (χ1v) is 9.28. The molecule has 31 heavy (non-hydrogen) atoms. The lowest BCUT2D eigenvalue weighted by molar-refractivity contribution is -0.143. The lowest BCUT2D eigenvalue weighted by atomic mass is 10.1. The van der Waals surface area contributed by atoms with Crippen LogP contribution < -0.4 is 15.4 Å². The first-order chi connectivity index (χ1) is 14.6. The molecule has 10 heteroatoms. The molecule has 0 fully saturated rings. The fraction of sp³-hybridized carbons (Fsp3) is 0.190. The van der Waals surface area contributed by atoms with Crippen LogP contribution in [0.5, 0.6) is 5.75 Å². The molecule has 1 aromatic heterocycles. The number of nitrogens with zero attached hydrogens (tertiary/aromatic N) is 2. The molecule has 1 aliphatic heterocycles. The van der Waals surface area contributed by atoms with Gasteiger partial charge >= 0.3 is 6.18 Å². The highest BCUT2D eigenvalue weighted by atomic mass is 19.4. The number of hydrogen-bond acceptors (Lipinski definition) is 4. The molecule has 1 aliphatic rings. The topological polar surface area (TPSA) is 85.3 Å². The molecule has 0 saturated carbocycles. The molecular weight excluding hydrogens is 413 g/mol. The standard InChI is InChI=1S/C21H17F3N4O3/c1-11-3-6-14(7-4-11)28-18(21(22,23)24)15(10-25-28)20(30)26-13-5-8-17-16(9-13)27-19(29)12(2)31-17/h3-10,12H,1-2H3,(H,26,30)(H,27,29)/t12-/m0/s1. The number of hydrogen-bond donors (Lipinski definition) is 2. The van der Waals surface area contributed by atoms with Crippen LogP contribution in [0.1, 0.15) is 28.5 Å². The fourth-order valence-corrected chi connectivity index (χ4v) is 3.15. The maximum Gasteiger partial charge on any atom is 0.434 e. The highest BCUT2D eigenvalue weighted by molar-refractivity contribution is 6.06. The zero-order chi connectivity index (χ0) is 22.3. The van der Waals surface area contributed by atoms with Gasteiger partial charge in [0.25, 0.3) is 11.8 Å². The molecule has 0 unspecified atom stereocenters. The summed E-state index contributed by atoms with van der Waals surface area (Å²) in [5.41, 5.74) is -0.247. The van der Waals surface area contributed by atoms with E-state index in [1.165, 1.54) is 30.3 Å². The Morgan fingerprint density at radius 3 is 2.58 bits per heavy atom. The second-order valence-electron chi connectivity index (χ2n) is 7.07. The van der Waals surface area contributed by atoms with Crippen LogP contribution in [0.15, 0.2) is 48.7 Å². The van der Waals surface area contributed by atoms with Gasteiger partial charge in [-0.1, -0.05) is 17.7 Å². The van der Waals surface area contributed by atoms with E-state index in [2.05, 4.69) is 15.7 Å². The number of aryl methyl sites for hydroxylation is 1. The van der Waals surface area contributed by atoms with E-state index in [9.17, 15) is 22.8 Å². The monoisotopic (exact) mass is 430 g/mol. The van der Waals surface area contributed by atoms with Gasteiger partial charge in [-0.3, -0.25) is 9.59 Å². The van der Waals surface area contributed by atoms with Gasteiger partial charge in [0.15, 0.2) is 11.8 Å². The normalized spacial score (nSPS) is 15.6. The number of aromatic nitrogens is 2. The third kappa shape index (κ3) is 3.96. The first kappa shape index (κ1) is 20.5. The van der Waals surface area contributed by atoms with Crippen molar-refractivity contribution in [1.82, 2.24) is 9.78 Å². The molecule has 3 aromatic rings. The van der Waals surface area contributed by atoms with E-state index < -0.39 is 29.4 Å². The van der Waals surface area contributed by atoms with Gasteiger partial charge in [0.2, 0.25) is 0 Å². The largest absolute Gasteiger partial charge is 0.479 e. The number of anilines is 2. The molecule has 2 aromatic carbocycles. The third-order valence-electron chi connectivity index (χ3n) is 4.73. The summed E-state index contributed by atoms with van der Waals surface area (Å²) in [6.07, 6.45) is -4.61. The van der Waals surface area contributed by atoms with Crippen LogP contribution in [-0.2, 0) is 11.0 Å². The highest BCUT2D eigenvalue weighted by Crippen LogP contribution is 2.35. The number of halogens is 3. The van der Waals surface area contributed by atoms with Gasteiger partial charge < -0.3 is 15.4 Å². The van der Waals surface area contributed by atoms with Gasteiger partial charge in [-0.2, -0.15) is 18.3 Å². The summed E-state index contributed by atoms with van der Waals surface area (Å²) in [4.78, 5) is 24.4. The van der Waals surface area contributed by atoms with Crippen LogP contribution in [0.2, 0.25) is 0 Å². The summed E-state index contributed by atoms with van der Waals surface area (Å²) in [7, 11) is 0. The summed E-state index contributed by atoms with van der Waals surface area (Å²) < 4.78 is 47.5. The smallest absolute Gasteiger partial charge is 0.434 e. The van der Waals surface area contributed by atoms with Crippen LogP contribution >= 0.6 is 0 Å². The van der Waals surface area contributed by atoms with E-state index in [0.29, 0.717) is 16.1 Å². The average Bonchev–Trinajstić information content (AvgIpc) is 3.15. The Morgan fingerprint density at radius 1 is 1.19 bits per heavy atom. The zero-order valence-electron chi connectivity index (χ0n) is 16.4. The zero-order valence-corrected chi connectivity index (χ0v) is 16.4. The Labute approximate surface area is 174 Å². The number of alkyl halides is 3. The van der Waals surface area contributed by atoms with Crippen LogP contribution in [0, 0.1) is 6.92 Å². The van der Waals surface area contributed by atoms with E-state index in [4.69, 9.17) is 4.74 Å². The van der Waals surface area contributed by atoms with Gasteiger partial charge in [0.05, 0.1) is 23.1 Å². The summed E-state index contributed by atoms with van der Waals surface area (Å²) in [6.45, 7) is 3.39. The third-order valence-corrected chi connectivity index (χ3v) is 4.73. The van der Waals surface area contributed by atoms with Crippen molar-refractivity contribution in [3.63, 3.8) is 0 Å². The van der Waals surface area contributed by atoms with Crippen molar-refractivity contribution >= 4 is 23.2 Å². The van der Waals surface area contributed by atoms with E-state index in [1.54, 1.807) is 19.1 Å². The number of fused-ring (bicyclic) bond motifs is 1. The van der Waals surface area contributed by atoms with Gasteiger partial charge in [0.1, 0.15) is 5.75 Å². The Bertz CT molecular complexity index is 1170. The molecule has 160 valence electrons. The Hall–Kier alpha value is -3.82. The van der Waals surface area contributed by atoms with Gasteiger partial charge in [0, 0.05) is 5.69 Å². The molecule has 0 bridgehead atoms. The van der Waals surface area contributed by atoms with Crippen molar-refractivity contribution in [3.8, 4) is 11.4 Å². The summed E-state index contributed by atoms with van der Waals surface area (Å²) >= 11 is 0. The number of ether oxygens (including phenoxy) is 1. The highest BCUT2D eigenvalue weighted by Gasteiger charge is 2.40.